The van der Waals surface area contributed by atoms with Crippen molar-refractivity contribution in [3.8, 4) is 11.1 Å². The van der Waals surface area contributed by atoms with Crippen LogP contribution in [-0.2, 0) is 0 Å². The van der Waals surface area contributed by atoms with Gasteiger partial charge < -0.3 is 0 Å². The second-order valence-corrected chi connectivity index (χ2v) is 3.59. The minimum absolute atomic E-state index is 1.17. The Morgan fingerprint density at radius 1 is 1.00 bits per heavy atom. The van der Waals surface area contributed by atoms with E-state index in [-0.39, 0.29) is 0 Å². The number of hydrogen-bond donors (Lipinski definition) is 0. The fourth-order valence-electron chi connectivity index (χ4n) is 1.59. The third-order valence-electron chi connectivity index (χ3n) is 2.39. The van der Waals surface area contributed by atoms with Gasteiger partial charge in [-0.2, -0.15) is 0 Å². The zero-order valence-electron chi connectivity index (χ0n) is 8.54. The second-order valence-electron chi connectivity index (χ2n) is 3.59. The molecule has 2 aromatic rings. The van der Waals surface area contributed by atoms with Crippen LogP contribution in [0, 0.1) is 19.9 Å². The highest BCUT2D eigenvalue weighted by Gasteiger charge is 2.00. The van der Waals surface area contributed by atoms with Crippen LogP contribution in [0.25, 0.3) is 11.1 Å². The largest absolute Gasteiger partial charge is 0.0616 e. The van der Waals surface area contributed by atoms with Gasteiger partial charge in [0.05, 0.1) is 0 Å². The Labute approximate surface area is 85.2 Å². The Morgan fingerprint density at radius 3 is 2.57 bits per heavy atom. The monoisotopic (exact) mass is 181 g/mol. The Hall–Kier alpha value is -1.56. The highest BCUT2D eigenvalue weighted by Crippen LogP contribution is 2.23. The van der Waals surface area contributed by atoms with Crippen LogP contribution >= 0.6 is 0 Å². The van der Waals surface area contributed by atoms with Crippen molar-refractivity contribution >= 4 is 0 Å². The zero-order valence-corrected chi connectivity index (χ0v) is 8.54. The molecule has 0 aliphatic carbocycles. The van der Waals surface area contributed by atoms with E-state index in [1.54, 1.807) is 0 Å². The lowest BCUT2D eigenvalue weighted by Crippen LogP contribution is -1.84. The van der Waals surface area contributed by atoms with E-state index in [2.05, 4.69) is 44.2 Å². The van der Waals surface area contributed by atoms with Gasteiger partial charge in [0, 0.05) is 0 Å². The molecule has 0 saturated carbocycles. The lowest BCUT2D eigenvalue weighted by molar-refractivity contribution is 1.39. The first-order valence-electron chi connectivity index (χ1n) is 4.82. The molecule has 0 bridgehead atoms. The van der Waals surface area contributed by atoms with Crippen molar-refractivity contribution in [3.05, 3.63) is 59.7 Å². The maximum Gasteiger partial charge on any atom is -0.00991 e. The fraction of sp³-hybridized carbons (Fsp3) is 0.143. The van der Waals surface area contributed by atoms with Crippen molar-refractivity contribution in [1.82, 2.24) is 0 Å². The van der Waals surface area contributed by atoms with Gasteiger partial charge in [-0.15, -0.1) is 0 Å². The van der Waals surface area contributed by atoms with E-state index >= 15 is 0 Å². The van der Waals surface area contributed by atoms with Gasteiger partial charge in [-0.25, -0.2) is 0 Å². The topological polar surface area (TPSA) is 0 Å². The molecular weight excluding hydrogens is 168 g/mol. The van der Waals surface area contributed by atoms with Crippen LogP contribution in [-0.4, -0.2) is 0 Å². The molecule has 0 aromatic heterocycles. The van der Waals surface area contributed by atoms with E-state index in [1.807, 2.05) is 18.2 Å². The first-order valence-corrected chi connectivity index (χ1v) is 4.82. The molecule has 0 fully saturated rings. The molecule has 0 aliphatic rings. The van der Waals surface area contributed by atoms with Crippen LogP contribution in [0.5, 0.6) is 0 Å². The van der Waals surface area contributed by atoms with Crippen LogP contribution in [0.2, 0.25) is 0 Å². The minimum atomic E-state index is 1.17. The smallest absolute Gasteiger partial charge is 0.00991 e. The highest BCUT2D eigenvalue weighted by molar-refractivity contribution is 5.67. The van der Waals surface area contributed by atoms with Gasteiger partial charge in [-0.05, 0) is 36.6 Å². The molecule has 0 atom stereocenters. The molecule has 14 heavy (non-hydrogen) atoms. The lowest BCUT2D eigenvalue weighted by atomic mass is 9.99. The number of benzene rings is 2. The summed E-state index contributed by atoms with van der Waals surface area (Å²) in [5.41, 5.74) is 5.06. The summed E-state index contributed by atoms with van der Waals surface area (Å²) in [5, 5.41) is 0. The molecule has 0 heteroatoms. The standard InChI is InChI=1S/C14H13/c1-11-8-9-12(2)14(10-11)13-6-4-3-5-7-13/h3-6,8-10H,1-2H3. The van der Waals surface area contributed by atoms with Crippen molar-refractivity contribution in [3.63, 3.8) is 0 Å². The Bertz CT molecular complexity index is 427. The summed E-state index contributed by atoms with van der Waals surface area (Å²) >= 11 is 0. The minimum Gasteiger partial charge on any atom is -0.0616 e. The van der Waals surface area contributed by atoms with Crippen molar-refractivity contribution in [2.24, 2.45) is 0 Å². The van der Waals surface area contributed by atoms with E-state index < -0.39 is 0 Å². The molecule has 0 N–H and O–H groups in total. The lowest BCUT2D eigenvalue weighted by Gasteiger charge is -2.06. The van der Waals surface area contributed by atoms with Crippen molar-refractivity contribution < 1.29 is 0 Å². The van der Waals surface area contributed by atoms with Gasteiger partial charge in [0.1, 0.15) is 0 Å². The molecule has 0 saturated heterocycles. The van der Waals surface area contributed by atoms with Gasteiger partial charge >= 0.3 is 0 Å². The number of rotatable bonds is 1. The van der Waals surface area contributed by atoms with Crippen LogP contribution in [0.15, 0.2) is 42.5 Å². The normalized spacial score (nSPS) is 10.1. The summed E-state index contributed by atoms with van der Waals surface area (Å²) in [5.74, 6) is 0. The predicted molar refractivity (Wildman–Crippen MR) is 60.2 cm³/mol. The second kappa shape index (κ2) is 3.67. The summed E-state index contributed by atoms with van der Waals surface area (Å²) in [6.07, 6.45) is 0. The van der Waals surface area contributed by atoms with Crippen LogP contribution in [0.4, 0.5) is 0 Å². The predicted octanol–water partition coefficient (Wildman–Crippen LogP) is 3.77. The van der Waals surface area contributed by atoms with Crippen molar-refractivity contribution in [2.45, 2.75) is 13.8 Å². The molecule has 1 radical (unpaired) electrons. The molecule has 0 aliphatic heterocycles. The SMILES string of the molecule is Cc1ccc(C)c(-c2[c]cccc2)c1. The van der Waals surface area contributed by atoms with E-state index in [1.165, 1.54) is 22.3 Å². The highest BCUT2D eigenvalue weighted by atomic mass is 14.0. The molecule has 2 aromatic carbocycles. The number of hydrogen-bond acceptors (Lipinski definition) is 0. The molecule has 2 rings (SSSR count). The van der Waals surface area contributed by atoms with E-state index in [9.17, 15) is 0 Å². The van der Waals surface area contributed by atoms with E-state index in [0.717, 1.165) is 0 Å². The average molecular weight is 181 g/mol. The summed E-state index contributed by atoms with van der Waals surface area (Å²) in [7, 11) is 0. The van der Waals surface area contributed by atoms with Crippen LogP contribution in [0.3, 0.4) is 0 Å². The Kier molecular flexibility index (Phi) is 2.36. The molecule has 0 unspecified atom stereocenters. The number of aryl methyl sites for hydroxylation is 2. The summed E-state index contributed by atoms with van der Waals surface area (Å²) in [6.45, 7) is 4.25. The summed E-state index contributed by atoms with van der Waals surface area (Å²) in [4.78, 5) is 0. The summed E-state index contributed by atoms with van der Waals surface area (Å²) < 4.78 is 0. The molecule has 0 heterocycles. The maximum atomic E-state index is 3.25. The van der Waals surface area contributed by atoms with Crippen LogP contribution < -0.4 is 0 Å². The summed E-state index contributed by atoms with van der Waals surface area (Å²) in [6, 6.07) is 17.9. The van der Waals surface area contributed by atoms with Gasteiger partial charge in [0.15, 0.2) is 0 Å². The maximum absolute atomic E-state index is 3.25. The van der Waals surface area contributed by atoms with E-state index in [0.29, 0.717) is 0 Å². The van der Waals surface area contributed by atoms with E-state index in [4.69, 9.17) is 0 Å². The Morgan fingerprint density at radius 2 is 1.86 bits per heavy atom. The molecule has 0 nitrogen and oxygen atoms in total. The van der Waals surface area contributed by atoms with Crippen LogP contribution in [0.1, 0.15) is 11.1 Å². The van der Waals surface area contributed by atoms with Gasteiger partial charge in [0.2, 0.25) is 0 Å². The third kappa shape index (κ3) is 1.69. The fourth-order valence-corrected chi connectivity index (χ4v) is 1.59. The van der Waals surface area contributed by atoms with Crippen molar-refractivity contribution in [2.75, 3.05) is 0 Å². The van der Waals surface area contributed by atoms with Crippen molar-refractivity contribution in [1.29, 1.82) is 0 Å². The quantitative estimate of drug-likeness (QED) is 0.628. The third-order valence-corrected chi connectivity index (χ3v) is 2.39. The molecule has 69 valence electrons. The molecular formula is C14H13. The molecule has 0 amide bonds. The Balaban J connectivity index is 2.57. The van der Waals surface area contributed by atoms with Gasteiger partial charge in [-0.3, -0.25) is 0 Å². The van der Waals surface area contributed by atoms with Gasteiger partial charge in [0.25, 0.3) is 0 Å². The molecule has 0 spiro atoms. The zero-order chi connectivity index (χ0) is 9.97. The van der Waals surface area contributed by atoms with Gasteiger partial charge in [-0.1, -0.05) is 48.0 Å². The first-order chi connectivity index (χ1) is 6.77. The first kappa shape index (κ1) is 9.01. The average Bonchev–Trinajstić information content (AvgIpc) is 2.23.